The third kappa shape index (κ3) is 4.04. The fourth-order valence-corrected chi connectivity index (χ4v) is 2.92. The molecule has 0 fully saturated rings. The van der Waals surface area contributed by atoms with E-state index in [1.807, 2.05) is 0 Å². The van der Waals surface area contributed by atoms with E-state index in [1.165, 1.54) is 12.3 Å². The molecule has 0 radical (unpaired) electrons. The number of carbonyl (C=O) groups is 2. The number of aryl methyl sites for hydroxylation is 1. The van der Waals surface area contributed by atoms with E-state index in [0.717, 1.165) is 0 Å². The molecule has 1 atom stereocenters. The van der Waals surface area contributed by atoms with Gasteiger partial charge in [-0.3, -0.25) is 14.3 Å². The molecule has 0 unspecified atom stereocenters. The zero-order valence-electron chi connectivity index (χ0n) is 14.0. The summed E-state index contributed by atoms with van der Waals surface area (Å²) in [5.74, 6) is -0.583. The highest BCUT2D eigenvalue weighted by atomic mass is 19.1. The van der Waals surface area contributed by atoms with E-state index < -0.39 is 5.82 Å². The second-order valence-corrected chi connectivity index (χ2v) is 6.09. The second-order valence-electron chi connectivity index (χ2n) is 6.09. The third-order valence-corrected chi connectivity index (χ3v) is 4.20. The first-order valence-corrected chi connectivity index (χ1v) is 8.27. The lowest BCUT2D eigenvalue weighted by Crippen LogP contribution is -2.28. The molecule has 25 heavy (non-hydrogen) atoms. The summed E-state index contributed by atoms with van der Waals surface area (Å²) in [5, 5.41) is 6.84. The Hall–Kier alpha value is -2.70. The number of rotatable bonds is 5. The van der Waals surface area contributed by atoms with Crippen LogP contribution in [0.1, 0.15) is 47.6 Å². The first-order chi connectivity index (χ1) is 12.0. The van der Waals surface area contributed by atoms with Crippen LogP contribution in [0.3, 0.4) is 0 Å². The highest BCUT2D eigenvalue weighted by molar-refractivity contribution is 5.97. The normalized spacial score (nSPS) is 16.5. The van der Waals surface area contributed by atoms with E-state index in [0.29, 0.717) is 30.6 Å². The molecule has 0 saturated heterocycles. The quantitative estimate of drug-likeness (QED) is 0.845. The number of hydrogen-bond acceptors (Lipinski definition) is 4. The number of nitrogens with one attached hydrogen (secondary N) is 1. The number of para-hydroxylation sites is 1. The van der Waals surface area contributed by atoms with Crippen molar-refractivity contribution in [3.05, 3.63) is 47.5 Å². The maximum atomic E-state index is 13.9. The summed E-state index contributed by atoms with van der Waals surface area (Å²) in [6, 6.07) is 4.40. The van der Waals surface area contributed by atoms with E-state index in [9.17, 15) is 14.0 Å². The van der Waals surface area contributed by atoms with Gasteiger partial charge >= 0.3 is 0 Å². The molecular formula is C18H20FN3O3. The molecule has 1 N–H and O–H groups in total. The summed E-state index contributed by atoms with van der Waals surface area (Å²) in [7, 11) is 1.73. The largest absolute Gasteiger partial charge is 0.490 e. The maximum absolute atomic E-state index is 13.9. The lowest BCUT2D eigenvalue weighted by atomic mass is 10.0. The fourth-order valence-electron chi connectivity index (χ4n) is 2.92. The molecule has 1 aliphatic heterocycles. The Balaban J connectivity index is 1.61. The summed E-state index contributed by atoms with van der Waals surface area (Å²) < 4.78 is 20.9. The number of ketones is 1. The van der Waals surface area contributed by atoms with Crippen LogP contribution in [-0.2, 0) is 11.8 Å². The molecule has 1 aliphatic rings. The molecule has 0 spiro atoms. The van der Waals surface area contributed by atoms with Gasteiger partial charge in [-0.1, -0.05) is 12.1 Å². The number of fused-ring (bicyclic) bond motifs is 1. The van der Waals surface area contributed by atoms with E-state index in [2.05, 4.69) is 10.4 Å². The van der Waals surface area contributed by atoms with Crippen molar-refractivity contribution in [2.45, 2.75) is 31.7 Å². The van der Waals surface area contributed by atoms with Gasteiger partial charge in [0.1, 0.15) is 0 Å². The lowest BCUT2D eigenvalue weighted by Gasteiger charge is -2.18. The minimum atomic E-state index is -0.426. The zero-order chi connectivity index (χ0) is 17.8. The highest BCUT2D eigenvalue weighted by Gasteiger charge is 2.24. The number of ether oxygens (including phenoxy) is 1. The molecule has 132 valence electrons. The molecule has 0 bridgehead atoms. The van der Waals surface area contributed by atoms with Crippen LogP contribution in [0.2, 0.25) is 0 Å². The van der Waals surface area contributed by atoms with Gasteiger partial charge in [0.2, 0.25) is 5.91 Å². The van der Waals surface area contributed by atoms with Gasteiger partial charge in [0.25, 0.3) is 0 Å². The van der Waals surface area contributed by atoms with Crippen LogP contribution in [0, 0.1) is 5.82 Å². The third-order valence-electron chi connectivity index (χ3n) is 4.20. The van der Waals surface area contributed by atoms with Crippen LogP contribution in [0.15, 0.2) is 30.6 Å². The Kier molecular flexibility index (Phi) is 5.11. The number of benzene rings is 1. The van der Waals surface area contributed by atoms with Gasteiger partial charge in [-0.15, -0.1) is 0 Å². The minimum absolute atomic E-state index is 0.0791. The van der Waals surface area contributed by atoms with Crippen LogP contribution >= 0.6 is 0 Å². The Morgan fingerprint density at radius 1 is 1.40 bits per heavy atom. The molecule has 0 aliphatic carbocycles. The average Bonchev–Trinajstić information content (AvgIpc) is 2.92. The number of nitrogens with zero attached hydrogens (tertiary/aromatic N) is 2. The Morgan fingerprint density at radius 2 is 2.24 bits per heavy atom. The van der Waals surface area contributed by atoms with Gasteiger partial charge < -0.3 is 10.1 Å². The predicted molar refractivity (Wildman–Crippen MR) is 88.8 cm³/mol. The Labute approximate surface area is 145 Å². The molecular weight excluding hydrogens is 325 g/mol. The van der Waals surface area contributed by atoms with Gasteiger partial charge in [-0.25, -0.2) is 4.39 Å². The van der Waals surface area contributed by atoms with Crippen LogP contribution in [-0.4, -0.2) is 28.1 Å². The number of carbonyl (C=O) groups excluding carboxylic acids is 2. The first-order valence-electron chi connectivity index (χ1n) is 8.27. The smallest absolute Gasteiger partial charge is 0.220 e. The van der Waals surface area contributed by atoms with E-state index >= 15 is 0 Å². The van der Waals surface area contributed by atoms with Crippen molar-refractivity contribution < 1.29 is 18.7 Å². The molecule has 7 heteroatoms. The number of halogens is 1. The summed E-state index contributed by atoms with van der Waals surface area (Å²) in [5.41, 5.74) is 1.13. The number of aromatic nitrogens is 2. The van der Waals surface area contributed by atoms with Gasteiger partial charge in [-0.05, 0) is 18.9 Å². The topological polar surface area (TPSA) is 73.2 Å². The van der Waals surface area contributed by atoms with Crippen molar-refractivity contribution >= 4 is 11.7 Å². The summed E-state index contributed by atoms with van der Waals surface area (Å²) in [6.07, 6.45) is 4.68. The molecule has 2 aromatic rings. The van der Waals surface area contributed by atoms with Crippen LogP contribution in [0.25, 0.3) is 0 Å². The van der Waals surface area contributed by atoms with E-state index in [4.69, 9.17) is 4.74 Å². The maximum Gasteiger partial charge on any atom is 0.220 e. The van der Waals surface area contributed by atoms with Crippen LogP contribution in [0.5, 0.6) is 5.75 Å². The summed E-state index contributed by atoms with van der Waals surface area (Å²) in [4.78, 5) is 24.3. The average molecular weight is 345 g/mol. The van der Waals surface area contributed by atoms with Gasteiger partial charge in [-0.2, -0.15) is 5.10 Å². The van der Waals surface area contributed by atoms with Gasteiger partial charge in [0, 0.05) is 31.6 Å². The molecule has 6 nitrogen and oxygen atoms in total. The van der Waals surface area contributed by atoms with E-state index in [1.54, 1.807) is 30.1 Å². The predicted octanol–water partition coefficient (Wildman–Crippen LogP) is 2.55. The van der Waals surface area contributed by atoms with Crippen LogP contribution in [0.4, 0.5) is 4.39 Å². The molecule has 2 heterocycles. The second kappa shape index (κ2) is 7.46. The number of hydrogen-bond donors (Lipinski definition) is 1. The zero-order valence-corrected chi connectivity index (χ0v) is 14.0. The Bertz CT molecular complexity index is 788. The molecule has 1 aromatic heterocycles. The fraction of sp³-hybridized carbons (Fsp3) is 0.389. The van der Waals surface area contributed by atoms with E-state index in [-0.39, 0.29) is 36.3 Å². The van der Waals surface area contributed by atoms with Crippen LogP contribution < -0.4 is 10.1 Å². The Morgan fingerprint density at radius 3 is 3.00 bits per heavy atom. The number of Topliss-reactive ketones (excluding diaryl/α,β-unsaturated/α-hetero) is 1. The minimum Gasteiger partial charge on any atom is -0.490 e. The van der Waals surface area contributed by atoms with Crippen molar-refractivity contribution in [2.24, 2.45) is 7.05 Å². The number of amides is 1. The SMILES string of the molecule is Cn1cc(C(=O)CCC(=O)N[C@@H]2CCCOc3c(F)cccc32)cn1. The molecule has 1 aromatic carbocycles. The highest BCUT2D eigenvalue weighted by Crippen LogP contribution is 2.33. The van der Waals surface area contributed by atoms with Crippen molar-refractivity contribution in [2.75, 3.05) is 6.61 Å². The summed E-state index contributed by atoms with van der Waals surface area (Å²) >= 11 is 0. The molecule has 0 saturated carbocycles. The van der Waals surface area contributed by atoms with Crippen molar-refractivity contribution in [1.29, 1.82) is 0 Å². The van der Waals surface area contributed by atoms with Gasteiger partial charge in [0.05, 0.1) is 24.4 Å². The molecule has 1 amide bonds. The van der Waals surface area contributed by atoms with Crippen molar-refractivity contribution in [1.82, 2.24) is 15.1 Å². The monoisotopic (exact) mass is 345 g/mol. The summed E-state index contributed by atoms with van der Waals surface area (Å²) in [6.45, 7) is 0.416. The molecule has 3 rings (SSSR count). The van der Waals surface area contributed by atoms with Gasteiger partial charge in [0.15, 0.2) is 17.3 Å². The van der Waals surface area contributed by atoms with Crippen molar-refractivity contribution in [3.63, 3.8) is 0 Å². The van der Waals surface area contributed by atoms with Crippen molar-refractivity contribution in [3.8, 4) is 5.75 Å². The first kappa shape index (κ1) is 17.1. The standard InChI is InChI=1S/C18H20FN3O3/c1-22-11-12(10-20-22)16(23)7-8-17(24)21-15-6-3-9-25-18-13(15)4-2-5-14(18)19/h2,4-5,10-11,15H,3,6-9H2,1H3,(H,21,24)/t15-/m1/s1. The lowest BCUT2D eigenvalue weighted by molar-refractivity contribution is -0.121.